The van der Waals surface area contributed by atoms with Gasteiger partial charge in [0, 0.05) is 36.9 Å². The maximum atomic E-state index is 11.4. The molecule has 2 aliphatic carbocycles. The van der Waals surface area contributed by atoms with Crippen molar-refractivity contribution in [3.05, 3.63) is 29.8 Å². The SMILES string of the molecule is CCCSc1nc(NC2CC2c2cccc(NC(C)=O)c2)c2nnn(C3CC(CCO)C(O)C3O)c2n1. The zero-order valence-corrected chi connectivity index (χ0v) is 21.7. The zero-order valence-electron chi connectivity index (χ0n) is 20.9. The van der Waals surface area contributed by atoms with Gasteiger partial charge in [0.05, 0.1) is 12.1 Å². The summed E-state index contributed by atoms with van der Waals surface area (Å²) in [6.45, 7) is 3.54. The van der Waals surface area contributed by atoms with Crippen LogP contribution in [0.25, 0.3) is 11.2 Å². The number of nitrogens with zero attached hydrogens (tertiary/aromatic N) is 5. The van der Waals surface area contributed by atoms with Crippen LogP contribution in [0.4, 0.5) is 11.5 Å². The van der Waals surface area contributed by atoms with Crippen LogP contribution in [0, 0.1) is 5.92 Å². The van der Waals surface area contributed by atoms with Crippen LogP contribution >= 0.6 is 11.8 Å². The number of carbonyl (C=O) groups is 1. The summed E-state index contributed by atoms with van der Waals surface area (Å²) in [4.78, 5) is 20.9. The van der Waals surface area contributed by atoms with E-state index in [0.29, 0.717) is 35.0 Å². The molecule has 2 aliphatic rings. The van der Waals surface area contributed by atoms with Crippen molar-refractivity contribution in [2.75, 3.05) is 23.0 Å². The lowest BCUT2D eigenvalue weighted by molar-refractivity contribution is -0.114. The Balaban J connectivity index is 1.41. The first kappa shape index (κ1) is 25.8. The molecule has 0 aliphatic heterocycles. The Hall–Kier alpha value is -2.80. The zero-order chi connectivity index (χ0) is 26.1. The van der Waals surface area contributed by atoms with Gasteiger partial charge in [-0.25, -0.2) is 14.6 Å². The summed E-state index contributed by atoms with van der Waals surface area (Å²) in [5.41, 5.74) is 2.95. The summed E-state index contributed by atoms with van der Waals surface area (Å²) < 4.78 is 1.60. The van der Waals surface area contributed by atoms with Crippen molar-refractivity contribution in [3.63, 3.8) is 0 Å². The molecule has 2 saturated carbocycles. The molecule has 11 nitrogen and oxygen atoms in total. The number of rotatable bonds is 10. The van der Waals surface area contributed by atoms with Crippen molar-refractivity contribution in [1.29, 1.82) is 0 Å². The lowest BCUT2D eigenvalue weighted by Gasteiger charge is -2.17. The molecule has 2 aromatic heterocycles. The van der Waals surface area contributed by atoms with Gasteiger partial charge in [0.2, 0.25) is 5.91 Å². The van der Waals surface area contributed by atoms with E-state index in [9.17, 15) is 20.1 Å². The third-order valence-electron chi connectivity index (χ3n) is 7.07. The second-order valence-electron chi connectivity index (χ2n) is 9.87. The molecule has 1 amide bonds. The molecule has 6 unspecified atom stereocenters. The Morgan fingerprint density at radius 1 is 1.22 bits per heavy atom. The average Bonchev–Trinajstić information content (AvgIpc) is 3.43. The van der Waals surface area contributed by atoms with Crippen LogP contribution in [-0.2, 0) is 4.79 Å². The largest absolute Gasteiger partial charge is 0.396 e. The van der Waals surface area contributed by atoms with Gasteiger partial charge < -0.3 is 26.0 Å². The number of carbonyl (C=O) groups excluding carboxylic acids is 1. The predicted molar refractivity (Wildman–Crippen MR) is 141 cm³/mol. The maximum Gasteiger partial charge on any atom is 0.221 e. The highest BCUT2D eigenvalue weighted by Gasteiger charge is 2.44. The molecule has 0 spiro atoms. The molecule has 198 valence electrons. The molecule has 12 heteroatoms. The molecule has 6 atom stereocenters. The van der Waals surface area contributed by atoms with Gasteiger partial charge in [0.25, 0.3) is 0 Å². The van der Waals surface area contributed by atoms with Crippen LogP contribution in [0.3, 0.4) is 0 Å². The number of thioether (sulfide) groups is 1. The van der Waals surface area contributed by atoms with Gasteiger partial charge in [-0.15, -0.1) is 5.10 Å². The van der Waals surface area contributed by atoms with Gasteiger partial charge in [-0.3, -0.25) is 4.79 Å². The number of anilines is 2. The van der Waals surface area contributed by atoms with Gasteiger partial charge in [-0.1, -0.05) is 36.0 Å². The molecular weight excluding hydrogens is 494 g/mol. The van der Waals surface area contributed by atoms with E-state index >= 15 is 0 Å². The summed E-state index contributed by atoms with van der Waals surface area (Å²) >= 11 is 1.55. The van der Waals surface area contributed by atoms with E-state index in [4.69, 9.17) is 9.97 Å². The number of aliphatic hydroxyl groups excluding tert-OH is 3. The highest BCUT2D eigenvalue weighted by molar-refractivity contribution is 7.99. The number of hydrogen-bond acceptors (Lipinski definition) is 10. The first-order valence-electron chi connectivity index (χ1n) is 12.8. The molecule has 37 heavy (non-hydrogen) atoms. The van der Waals surface area contributed by atoms with Crippen LogP contribution < -0.4 is 10.6 Å². The molecule has 3 aromatic rings. The lowest BCUT2D eigenvalue weighted by Crippen LogP contribution is -2.30. The van der Waals surface area contributed by atoms with Gasteiger partial charge in [-0.05, 0) is 49.3 Å². The first-order chi connectivity index (χ1) is 17.9. The first-order valence-corrected chi connectivity index (χ1v) is 13.7. The number of aromatic nitrogens is 5. The Bertz CT molecular complexity index is 1270. The monoisotopic (exact) mass is 527 g/mol. The Kier molecular flexibility index (Phi) is 7.61. The minimum atomic E-state index is -1.02. The maximum absolute atomic E-state index is 11.4. The standard InChI is InChI=1S/C25H33N7O4S/c1-3-9-37-25-28-23(27-18-12-17(18)14-5-4-6-16(10-14)26-13(2)34)20-24(29-25)32(31-30-20)19-11-15(7-8-33)21(35)22(19)36/h4-6,10,15,17-19,21-22,33,35-36H,3,7-9,11-12H2,1-2H3,(H,26,34)(H,27,28,29). The third-order valence-corrected chi connectivity index (χ3v) is 8.12. The van der Waals surface area contributed by atoms with E-state index in [2.05, 4.69) is 33.9 Å². The van der Waals surface area contributed by atoms with Crippen LogP contribution in [0.2, 0.25) is 0 Å². The summed E-state index contributed by atoms with van der Waals surface area (Å²) in [6.07, 6.45) is 0.802. The summed E-state index contributed by atoms with van der Waals surface area (Å²) in [5, 5.41) is 46.2. The number of nitrogens with one attached hydrogen (secondary N) is 2. The number of hydrogen-bond donors (Lipinski definition) is 5. The summed E-state index contributed by atoms with van der Waals surface area (Å²) in [7, 11) is 0. The predicted octanol–water partition coefficient (Wildman–Crippen LogP) is 2.31. The number of benzene rings is 1. The van der Waals surface area contributed by atoms with Crippen molar-refractivity contribution in [2.24, 2.45) is 5.92 Å². The van der Waals surface area contributed by atoms with E-state index in [1.54, 1.807) is 16.4 Å². The second kappa shape index (κ2) is 10.9. The van der Waals surface area contributed by atoms with E-state index < -0.39 is 18.2 Å². The van der Waals surface area contributed by atoms with E-state index in [0.717, 1.165) is 29.8 Å². The highest BCUT2D eigenvalue weighted by atomic mass is 32.2. The minimum absolute atomic E-state index is 0.0520. The molecule has 2 heterocycles. The Morgan fingerprint density at radius 2 is 2.05 bits per heavy atom. The van der Waals surface area contributed by atoms with Gasteiger partial charge in [0.15, 0.2) is 22.1 Å². The van der Waals surface area contributed by atoms with Gasteiger partial charge in [-0.2, -0.15) is 0 Å². The molecule has 1 aromatic carbocycles. The third kappa shape index (κ3) is 5.42. The fourth-order valence-corrected chi connectivity index (χ4v) is 5.83. The van der Waals surface area contributed by atoms with Crippen LogP contribution in [0.1, 0.15) is 57.1 Å². The van der Waals surface area contributed by atoms with E-state index in [1.165, 1.54) is 6.92 Å². The fraction of sp³-hybridized carbons (Fsp3) is 0.560. The van der Waals surface area contributed by atoms with Crippen LogP contribution in [-0.4, -0.2) is 76.8 Å². The smallest absolute Gasteiger partial charge is 0.221 e. The van der Waals surface area contributed by atoms with Crippen molar-refractivity contribution in [2.45, 2.75) is 74.9 Å². The van der Waals surface area contributed by atoms with Crippen molar-refractivity contribution in [1.82, 2.24) is 25.0 Å². The van der Waals surface area contributed by atoms with Gasteiger partial charge >= 0.3 is 0 Å². The topological polar surface area (TPSA) is 158 Å². The molecule has 5 rings (SSSR count). The molecular formula is C25H33N7O4S. The summed E-state index contributed by atoms with van der Waals surface area (Å²) in [6, 6.07) is 7.52. The number of amides is 1. The van der Waals surface area contributed by atoms with E-state index in [1.807, 2.05) is 18.2 Å². The number of fused-ring (bicyclic) bond motifs is 1. The number of aliphatic hydroxyl groups is 3. The second-order valence-corrected chi connectivity index (χ2v) is 10.9. The van der Waals surface area contributed by atoms with Crippen molar-refractivity contribution >= 4 is 40.3 Å². The Labute approximate surface area is 219 Å². The van der Waals surface area contributed by atoms with Crippen molar-refractivity contribution < 1.29 is 20.1 Å². The minimum Gasteiger partial charge on any atom is -0.396 e. The average molecular weight is 528 g/mol. The quantitative estimate of drug-likeness (QED) is 0.196. The fourth-order valence-electron chi connectivity index (χ4n) is 5.14. The lowest BCUT2D eigenvalue weighted by atomic mass is 10.0. The summed E-state index contributed by atoms with van der Waals surface area (Å²) in [5.74, 6) is 1.40. The van der Waals surface area contributed by atoms with Gasteiger partial charge in [0.1, 0.15) is 6.10 Å². The molecule has 5 N–H and O–H groups in total. The van der Waals surface area contributed by atoms with Crippen LogP contribution in [0.15, 0.2) is 29.4 Å². The molecule has 0 radical (unpaired) electrons. The molecule has 0 bridgehead atoms. The van der Waals surface area contributed by atoms with E-state index in [-0.39, 0.29) is 30.4 Å². The normalized spacial score (nSPS) is 26.9. The molecule has 0 saturated heterocycles. The Morgan fingerprint density at radius 3 is 2.81 bits per heavy atom. The molecule has 2 fully saturated rings. The van der Waals surface area contributed by atoms with Crippen molar-refractivity contribution in [3.8, 4) is 0 Å². The van der Waals surface area contributed by atoms with Crippen LogP contribution in [0.5, 0.6) is 0 Å². The highest BCUT2D eigenvalue weighted by Crippen LogP contribution is 2.44.